The van der Waals surface area contributed by atoms with Crippen LogP contribution in [-0.4, -0.2) is 16.8 Å². The first-order valence-electron chi connectivity index (χ1n) is 8.08. The summed E-state index contributed by atoms with van der Waals surface area (Å²) < 4.78 is 70.4. The summed E-state index contributed by atoms with van der Waals surface area (Å²) in [4.78, 5) is -1.24. The van der Waals surface area contributed by atoms with Crippen LogP contribution in [0.25, 0.3) is 0 Å². The molecule has 142 valence electrons. The van der Waals surface area contributed by atoms with Gasteiger partial charge >= 0.3 is 0 Å². The number of hydrogen-bond donors (Lipinski definition) is 0. The first-order chi connectivity index (χ1) is 12.7. The van der Waals surface area contributed by atoms with Crippen molar-refractivity contribution in [1.82, 2.24) is 0 Å². The Morgan fingerprint density at radius 3 is 2.04 bits per heavy atom. The van der Waals surface area contributed by atoms with Crippen LogP contribution >= 0.6 is 0 Å². The minimum Gasteiger partial charge on any atom is -0.451 e. The van der Waals surface area contributed by atoms with Gasteiger partial charge in [-0.15, -0.1) is 0 Å². The Morgan fingerprint density at radius 2 is 1.44 bits per heavy atom. The van der Waals surface area contributed by atoms with Crippen molar-refractivity contribution < 1.29 is 25.6 Å². The van der Waals surface area contributed by atoms with Crippen LogP contribution in [0, 0.1) is 5.82 Å². The van der Waals surface area contributed by atoms with E-state index in [0.29, 0.717) is 0 Å². The molecule has 2 aromatic carbocycles. The highest BCUT2D eigenvalue weighted by Crippen LogP contribution is 2.33. The van der Waals surface area contributed by atoms with Crippen molar-refractivity contribution >= 4 is 19.7 Å². The van der Waals surface area contributed by atoms with Crippen LogP contribution in [0.2, 0.25) is 0 Å². The van der Waals surface area contributed by atoms with E-state index < -0.39 is 40.4 Å². The van der Waals surface area contributed by atoms with E-state index in [1.54, 1.807) is 12.1 Å². The van der Waals surface area contributed by atoms with E-state index in [1.165, 1.54) is 24.3 Å². The second-order valence-corrected chi connectivity index (χ2v) is 9.97. The van der Waals surface area contributed by atoms with Gasteiger partial charge in [0.2, 0.25) is 24.8 Å². The Morgan fingerprint density at radius 1 is 0.815 bits per heavy atom. The van der Waals surface area contributed by atoms with Gasteiger partial charge in [-0.2, -0.15) is 0 Å². The maximum Gasteiger partial charge on any atom is 0.243 e. The van der Waals surface area contributed by atoms with Gasteiger partial charge < -0.3 is 4.42 Å². The van der Waals surface area contributed by atoms with E-state index in [1.807, 2.05) is 13.8 Å². The van der Waals surface area contributed by atoms with Crippen molar-refractivity contribution in [3.63, 3.8) is 0 Å². The Hall–Kier alpha value is -2.45. The molecule has 0 atom stereocenters. The topological polar surface area (TPSA) is 81.4 Å². The van der Waals surface area contributed by atoms with E-state index in [0.717, 1.165) is 30.0 Å². The average molecular weight is 408 g/mol. The van der Waals surface area contributed by atoms with Gasteiger partial charge in [-0.25, -0.2) is 21.2 Å². The van der Waals surface area contributed by atoms with E-state index in [4.69, 9.17) is 4.42 Å². The van der Waals surface area contributed by atoms with Gasteiger partial charge in [0.05, 0.1) is 11.2 Å². The number of benzene rings is 2. The molecule has 3 aromatic rings. The van der Waals surface area contributed by atoms with Crippen LogP contribution in [0.3, 0.4) is 0 Å². The second-order valence-electron chi connectivity index (χ2n) is 6.23. The molecule has 0 radical (unpaired) electrons. The molecule has 0 amide bonds. The highest BCUT2D eigenvalue weighted by atomic mass is 32.2. The van der Waals surface area contributed by atoms with E-state index in [2.05, 4.69) is 0 Å². The summed E-state index contributed by atoms with van der Waals surface area (Å²) in [7, 11) is -8.66. The largest absolute Gasteiger partial charge is 0.451 e. The molecule has 0 saturated carbocycles. The number of rotatable bonds is 5. The quantitative estimate of drug-likeness (QED) is 0.632. The van der Waals surface area contributed by atoms with Crippen LogP contribution in [-0.2, 0) is 19.7 Å². The zero-order valence-corrected chi connectivity index (χ0v) is 16.2. The summed E-state index contributed by atoms with van der Waals surface area (Å²) in [6.45, 7) is 3.94. The molecular formula is C19H17FO5S2. The zero-order chi connectivity index (χ0) is 19.8. The van der Waals surface area contributed by atoms with E-state index in [-0.39, 0.29) is 10.8 Å². The smallest absolute Gasteiger partial charge is 0.243 e. The molecule has 0 aliphatic rings. The Bertz CT molecular complexity index is 1170. The number of sulfone groups is 2. The fourth-order valence-corrected chi connectivity index (χ4v) is 5.81. The first-order valence-corrected chi connectivity index (χ1v) is 11.0. The van der Waals surface area contributed by atoms with Crippen LogP contribution < -0.4 is 0 Å². The van der Waals surface area contributed by atoms with Crippen LogP contribution in [0.5, 0.6) is 0 Å². The number of hydrogen-bond acceptors (Lipinski definition) is 5. The monoisotopic (exact) mass is 408 g/mol. The summed E-state index contributed by atoms with van der Waals surface area (Å²) >= 11 is 0. The van der Waals surface area contributed by atoms with Crippen molar-refractivity contribution in [3.8, 4) is 0 Å². The van der Waals surface area contributed by atoms with E-state index in [9.17, 15) is 21.2 Å². The molecule has 27 heavy (non-hydrogen) atoms. The molecule has 5 nitrogen and oxygen atoms in total. The average Bonchev–Trinajstić information content (AvgIpc) is 3.13. The summed E-state index contributed by atoms with van der Waals surface area (Å²) in [6, 6.07) is 11.9. The lowest BCUT2D eigenvalue weighted by Crippen LogP contribution is -2.10. The zero-order valence-electron chi connectivity index (χ0n) is 14.6. The van der Waals surface area contributed by atoms with Crippen LogP contribution in [0.4, 0.5) is 4.39 Å². The van der Waals surface area contributed by atoms with Crippen molar-refractivity contribution in [2.24, 2.45) is 0 Å². The normalized spacial score (nSPS) is 12.4. The molecule has 0 N–H and O–H groups in total. The predicted octanol–water partition coefficient (Wildman–Crippen LogP) is 4.21. The highest BCUT2D eigenvalue weighted by Gasteiger charge is 2.34. The highest BCUT2D eigenvalue weighted by molar-refractivity contribution is 7.94. The van der Waals surface area contributed by atoms with Crippen molar-refractivity contribution in [3.05, 3.63) is 72.2 Å². The Kier molecular flexibility index (Phi) is 4.96. The minimum absolute atomic E-state index is 0.0710. The van der Waals surface area contributed by atoms with Crippen LogP contribution in [0.1, 0.15) is 25.3 Å². The second kappa shape index (κ2) is 6.94. The van der Waals surface area contributed by atoms with Gasteiger partial charge in [0.15, 0.2) is 0 Å². The van der Waals surface area contributed by atoms with Gasteiger partial charge in [-0.3, -0.25) is 0 Å². The van der Waals surface area contributed by atoms with E-state index >= 15 is 0 Å². The lowest BCUT2D eigenvalue weighted by atomic mass is 10.0. The van der Waals surface area contributed by atoms with Gasteiger partial charge in [-0.1, -0.05) is 38.1 Å². The molecule has 0 spiro atoms. The summed E-state index contributed by atoms with van der Waals surface area (Å²) in [5, 5.41) is -0.805. The Labute approximate surface area is 157 Å². The fraction of sp³-hybridized carbons (Fsp3) is 0.158. The molecular weight excluding hydrogens is 391 g/mol. The summed E-state index contributed by atoms with van der Waals surface area (Å²) in [5.41, 5.74) is 0.945. The molecule has 0 fully saturated rings. The molecule has 3 rings (SSSR count). The molecule has 1 heterocycles. The van der Waals surface area contributed by atoms with Gasteiger partial charge in [-0.05, 0) is 41.8 Å². The first kappa shape index (κ1) is 19.3. The third-order valence-corrected chi connectivity index (χ3v) is 7.75. The van der Waals surface area contributed by atoms with Gasteiger partial charge in [0.1, 0.15) is 15.6 Å². The van der Waals surface area contributed by atoms with Gasteiger partial charge in [0.25, 0.3) is 0 Å². The lowest BCUT2D eigenvalue weighted by molar-refractivity contribution is 0.433. The fourth-order valence-electron chi connectivity index (χ4n) is 2.60. The molecule has 0 aliphatic heterocycles. The number of halogens is 1. The third kappa shape index (κ3) is 3.42. The molecule has 1 aromatic heterocycles. The third-order valence-electron chi connectivity index (χ3n) is 4.11. The van der Waals surface area contributed by atoms with Crippen molar-refractivity contribution in [2.45, 2.75) is 39.5 Å². The minimum atomic E-state index is -4.49. The number of furan rings is 1. The molecule has 0 bridgehead atoms. The molecule has 0 unspecified atom stereocenters. The van der Waals surface area contributed by atoms with Crippen molar-refractivity contribution in [1.29, 1.82) is 0 Å². The van der Waals surface area contributed by atoms with Gasteiger partial charge in [0, 0.05) is 0 Å². The maximum atomic E-state index is 14.0. The molecule has 0 saturated heterocycles. The van der Waals surface area contributed by atoms with Crippen molar-refractivity contribution in [2.75, 3.05) is 0 Å². The SMILES string of the molecule is CC(C)c1ccc(S(=O)(=O)c2ccoc2S(=O)(=O)c2ccccc2F)cc1. The standard InChI is InChI=1S/C19H17FO5S2/c1-13(2)14-7-9-15(10-8-14)26(21,22)18-11-12-25-19(18)27(23,24)17-6-4-3-5-16(17)20/h3-13H,1-2H3. The summed E-state index contributed by atoms with van der Waals surface area (Å²) in [6.07, 6.45) is 0.961. The van der Waals surface area contributed by atoms with Crippen LogP contribution in [0.15, 0.2) is 85.1 Å². The lowest BCUT2D eigenvalue weighted by Gasteiger charge is -2.09. The predicted molar refractivity (Wildman–Crippen MR) is 96.5 cm³/mol. The maximum absolute atomic E-state index is 14.0. The molecule has 0 aliphatic carbocycles. The summed E-state index contributed by atoms with van der Waals surface area (Å²) in [5.74, 6) is -0.772. The Balaban J connectivity index is 2.13. The molecule has 8 heteroatoms.